The van der Waals surface area contributed by atoms with E-state index in [-0.39, 0.29) is 34.7 Å². The molecule has 1 heterocycles. The molecule has 0 amide bonds. The molecule has 8 atom stereocenters. The molecule has 1 N–H and O–H groups in total. The Hall–Kier alpha value is -1.69. The predicted octanol–water partition coefficient (Wildman–Crippen LogP) is 4.68. The molecule has 1 saturated heterocycles. The van der Waals surface area contributed by atoms with Crippen LogP contribution < -0.4 is 5.32 Å². The van der Waals surface area contributed by atoms with E-state index < -0.39 is 0 Å². The number of carbonyl (C=O) groups excluding carboxylic acids is 2. The van der Waals surface area contributed by atoms with Crippen molar-refractivity contribution in [3.05, 3.63) is 12.2 Å². The number of esters is 1. The summed E-state index contributed by atoms with van der Waals surface area (Å²) >= 11 is 0. The zero-order valence-electron chi connectivity index (χ0n) is 21.2. The molecule has 4 saturated carbocycles. The van der Waals surface area contributed by atoms with Crippen LogP contribution in [0.3, 0.4) is 0 Å². The number of oxime groups is 1. The van der Waals surface area contributed by atoms with Crippen molar-refractivity contribution < 1.29 is 19.2 Å². The number of fused-ring (bicyclic) bond motifs is 5. The Kier molecular flexibility index (Phi) is 6.41. The van der Waals surface area contributed by atoms with Gasteiger partial charge in [0.15, 0.2) is 0 Å². The first-order valence-electron chi connectivity index (χ1n) is 13.6. The minimum absolute atomic E-state index is 0.118. The highest BCUT2D eigenvalue weighted by atomic mass is 16.6. The monoisotopic (exact) mass is 470 g/mol. The van der Waals surface area contributed by atoms with Crippen molar-refractivity contribution in [2.75, 3.05) is 19.7 Å². The molecule has 0 radical (unpaired) electrons. The second-order valence-electron chi connectivity index (χ2n) is 12.0. The highest BCUT2D eigenvalue weighted by molar-refractivity contribution is 5.88. The van der Waals surface area contributed by atoms with Gasteiger partial charge in [-0.1, -0.05) is 31.2 Å². The lowest BCUT2D eigenvalue weighted by atomic mass is 9.42. The molecule has 188 valence electrons. The number of allylic oxidation sites excluding steroid dienone is 1. The number of rotatable bonds is 5. The lowest BCUT2D eigenvalue weighted by Gasteiger charge is -2.62. The summed E-state index contributed by atoms with van der Waals surface area (Å²) in [4.78, 5) is 30.8. The standard InChI is InChI=1S/C28H42N2O4/c1-5-20-24(30-34-19-10-13-29-15-19)9-12-28(16-33-18(3)31)23-8-11-27(4)22(6-7-25(27)32)21(23)14-17(2)26(20)28/h19-23,26,29H,2,5-16H2,1,3-4H3. The fourth-order valence-electron chi connectivity index (χ4n) is 8.84. The van der Waals surface area contributed by atoms with E-state index in [9.17, 15) is 9.59 Å². The number of Topliss-reactive ketones (excluding diaryl/α,β-unsaturated/α-hetero) is 1. The lowest BCUT2D eigenvalue weighted by Crippen LogP contribution is -2.59. The van der Waals surface area contributed by atoms with Crippen LogP contribution in [0.25, 0.3) is 0 Å². The maximum Gasteiger partial charge on any atom is 0.302 e. The van der Waals surface area contributed by atoms with Gasteiger partial charge in [-0.2, -0.15) is 0 Å². The number of hydrogen-bond acceptors (Lipinski definition) is 6. The molecule has 5 rings (SSSR count). The molecular formula is C28H42N2O4. The zero-order chi connectivity index (χ0) is 24.1. The van der Waals surface area contributed by atoms with E-state index in [0.29, 0.717) is 30.1 Å². The molecule has 0 aromatic heterocycles. The van der Waals surface area contributed by atoms with E-state index in [4.69, 9.17) is 14.7 Å². The first-order valence-corrected chi connectivity index (χ1v) is 13.6. The number of carbonyl (C=O) groups is 2. The minimum atomic E-state index is -0.206. The van der Waals surface area contributed by atoms with E-state index in [2.05, 4.69) is 25.7 Å². The Labute approximate surface area is 204 Å². The molecule has 34 heavy (non-hydrogen) atoms. The Bertz CT molecular complexity index is 878. The molecular weight excluding hydrogens is 428 g/mol. The fraction of sp³-hybridized carbons (Fsp3) is 0.821. The van der Waals surface area contributed by atoms with Gasteiger partial charge in [-0.3, -0.25) is 9.59 Å². The van der Waals surface area contributed by atoms with Crippen LogP contribution in [0.5, 0.6) is 0 Å². The highest BCUT2D eigenvalue weighted by Crippen LogP contribution is 2.67. The van der Waals surface area contributed by atoms with Gasteiger partial charge in [0.2, 0.25) is 0 Å². The van der Waals surface area contributed by atoms with Crippen molar-refractivity contribution in [3.8, 4) is 0 Å². The third kappa shape index (κ3) is 3.75. The van der Waals surface area contributed by atoms with Gasteiger partial charge in [-0.15, -0.1) is 0 Å². The van der Waals surface area contributed by atoms with E-state index in [0.717, 1.165) is 76.6 Å². The Morgan fingerprint density at radius 3 is 2.74 bits per heavy atom. The molecule has 6 nitrogen and oxygen atoms in total. The second kappa shape index (κ2) is 9.07. The average molecular weight is 471 g/mol. The van der Waals surface area contributed by atoms with Crippen LogP contribution in [0.2, 0.25) is 0 Å². The van der Waals surface area contributed by atoms with Crippen molar-refractivity contribution in [2.24, 2.45) is 45.6 Å². The van der Waals surface area contributed by atoms with Gasteiger partial charge in [0.05, 0.1) is 12.3 Å². The van der Waals surface area contributed by atoms with Crippen molar-refractivity contribution in [1.29, 1.82) is 0 Å². The summed E-state index contributed by atoms with van der Waals surface area (Å²) in [6, 6.07) is 0. The van der Waals surface area contributed by atoms with Gasteiger partial charge in [0.1, 0.15) is 11.9 Å². The first kappa shape index (κ1) is 24.0. The molecule has 4 aliphatic carbocycles. The Balaban J connectivity index is 1.48. The number of ketones is 1. The molecule has 0 aromatic carbocycles. The largest absolute Gasteiger partial charge is 0.465 e. The number of nitrogens with zero attached hydrogens (tertiary/aromatic N) is 1. The maximum atomic E-state index is 12.9. The van der Waals surface area contributed by atoms with E-state index in [1.54, 1.807) is 0 Å². The normalized spacial score (nSPS) is 45.0. The van der Waals surface area contributed by atoms with Gasteiger partial charge in [0, 0.05) is 43.1 Å². The van der Waals surface area contributed by atoms with Gasteiger partial charge < -0.3 is 14.9 Å². The number of nitrogens with one attached hydrogen (secondary N) is 1. The maximum absolute atomic E-state index is 12.9. The molecule has 6 heteroatoms. The molecule has 5 fully saturated rings. The van der Waals surface area contributed by atoms with E-state index >= 15 is 0 Å². The van der Waals surface area contributed by atoms with E-state index in [1.807, 2.05) is 0 Å². The van der Waals surface area contributed by atoms with Crippen LogP contribution in [-0.4, -0.2) is 43.3 Å². The first-order chi connectivity index (χ1) is 16.3. The quantitative estimate of drug-likeness (QED) is 0.359. The average Bonchev–Trinajstić information content (AvgIpc) is 3.44. The Morgan fingerprint density at radius 2 is 2.03 bits per heavy atom. The minimum Gasteiger partial charge on any atom is -0.465 e. The summed E-state index contributed by atoms with van der Waals surface area (Å²) in [5.41, 5.74) is 2.14. The van der Waals surface area contributed by atoms with Crippen molar-refractivity contribution in [2.45, 2.75) is 84.7 Å². The van der Waals surface area contributed by atoms with Gasteiger partial charge >= 0.3 is 5.97 Å². The molecule has 1 aliphatic heterocycles. The van der Waals surface area contributed by atoms with Crippen LogP contribution in [0.15, 0.2) is 17.3 Å². The van der Waals surface area contributed by atoms with Crippen LogP contribution in [0.1, 0.15) is 78.6 Å². The third-order valence-electron chi connectivity index (χ3n) is 10.4. The number of ether oxygens (including phenoxy) is 1. The summed E-state index contributed by atoms with van der Waals surface area (Å²) in [7, 11) is 0. The summed E-state index contributed by atoms with van der Waals surface area (Å²) in [5, 5.41) is 8.08. The summed E-state index contributed by atoms with van der Waals surface area (Å²) in [5.74, 6) is 2.12. The smallest absolute Gasteiger partial charge is 0.302 e. The summed E-state index contributed by atoms with van der Waals surface area (Å²) < 4.78 is 5.84. The fourth-order valence-corrected chi connectivity index (χ4v) is 8.84. The van der Waals surface area contributed by atoms with Gasteiger partial charge in [-0.25, -0.2) is 0 Å². The SMILES string of the molecule is C=C1CC2C3CCC(=O)C3(C)CCC2C2(COC(C)=O)CCC(=NOC3CCNC3)C(CC)C12. The molecule has 8 unspecified atom stereocenters. The zero-order valence-corrected chi connectivity index (χ0v) is 21.2. The molecule has 0 aromatic rings. The van der Waals surface area contributed by atoms with E-state index in [1.165, 1.54) is 12.5 Å². The Morgan fingerprint density at radius 1 is 1.21 bits per heavy atom. The van der Waals surface area contributed by atoms with Crippen molar-refractivity contribution in [3.63, 3.8) is 0 Å². The van der Waals surface area contributed by atoms with Gasteiger partial charge in [0.25, 0.3) is 0 Å². The summed E-state index contributed by atoms with van der Waals surface area (Å²) in [6.45, 7) is 12.9. The van der Waals surface area contributed by atoms with Crippen molar-refractivity contribution >= 4 is 17.5 Å². The van der Waals surface area contributed by atoms with Crippen LogP contribution in [0.4, 0.5) is 0 Å². The number of hydrogen-bond donors (Lipinski definition) is 1. The van der Waals surface area contributed by atoms with Crippen molar-refractivity contribution in [1.82, 2.24) is 5.32 Å². The van der Waals surface area contributed by atoms with Gasteiger partial charge in [-0.05, 0) is 75.2 Å². The second-order valence-corrected chi connectivity index (χ2v) is 12.0. The molecule has 0 bridgehead atoms. The molecule has 5 aliphatic rings. The topological polar surface area (TPSA) is 77.0 Å². The lowest BCUT2D eigenvalue weighted by molar-refractivity contribution is -0.160. The predicted molar refractivity (Wildman–Crippen MR) is 131 cm³/mol. The van der Waals surface area contributed by atoms with Crippen LogP contribution in [-0.2, 0) is 19.2 Å². The summed E-state index contributed by atoms with van der Waals surface area (Å²) in [6.07, 6.45) is 8.70. The highest BCUT2D eigenvalue weighted by Gasteiger charge is 2.64. The molecule has 0 spiro atoms. The van der Waals surface area contributed by atoms with Crippen LogP contribution >= 0.6 is 0 Å². The third-order valence-corrected chi connectivity index (χ3v) is 10.4. The van der Waals surface area contributed by atoms with Crippen LogP contribution in [0, 0.1) is 40.4 Å².